The van der Waals surface area contributed by atoms with Gasteiger partial charge in [0.25, 0.3) is 5.91 Å². The molecule has 6 rings (SSSR count). The van der Waals surface area contributed by atoms with Crippen LogP contribution in [0.15, 0.2) is 66.7 Å². The number of ether oxygens (including phenoxy) is 2. The average molecular weight is 527 g/mol. The molecule has 1 N–H and O–H groups in total. The third kappa shape index (κ3) is 5.40. The molecule has 3 aromatic carbocycles. The molecule has 6 heteroatoms. The van der Waals surface area contributed by atoms with E-state index in [2.05, 4.69) is 34.5 Å². The third-order valence-corrected chi connectivity index (χ3v) is 9.14. The minimum atomic E-state index is -0.272. The highest BCUT2D eigenvalue weighted by Crippen LogP contribution is 2.51. The quantitative estimate of drug-likeness (QED) is 0.421. The number of rotatable bonds is 7. The first-order valence-corrected chi connectivity index (χ1v) is 14.3. The standard InChI is InChI=1S/C33H38N2O4/c1-22(36)39-31-18-28(34-32(37)26-13-12-24-6-3-4-7-25(24)16-26)19-33(27-8-5-9-29(17-27)38-2)14-15-35(21-30(31)33)20-23-10-11-23/h3-9,12-13,16-17,23,28,30-31H,10-11,14-15,18-21H2,1-2H3,(H,34,37)/t28-,30-,31?,33-/m0/s1. The lowest BCUT2D eigenvalue weighted by Gasteiger charge is -2.55. The van der Waals surface area contributed by atoms with Gasteiger partial charge < -0.3 is 19.7 Å². The molecule has 2 aliphatic carbocycles. The van der Waals surface area contributed by atoms with Crippen LogP contribution in [-0.4, -0.2) is 55.7 Å². The van der Waals surface area contributed by atoms with Crippen LogP contribution in [0.1, 0.15) is 54.9 Å². The van der Waals surface area contributed by atoms with Crippen molar-refractivity contribution in [3.05, 3.63) is 77.9 Å². The number of carbonyl (C=O) groups excluding carboxylic acids is 2. The average Bonchev–Trinajstić information content (AvgIpc) is 3.77. The molecule has 1 aliphatic heterocycles. The Morgan fingerprint density at radius 1 is 1.03 bits per heavy atom. The SMILES string of the molecule is COc1cccc([C@@]23CCN(CC4CC4)C[C@H]2C(OC(C)=O)C[C@H](NC(=O)c2ccc4ccccc4c2)C3)c1. The number of fused-ring (bicyclic) bond motifs is 2. The van der Waals surface area contributed by atoms with Crippen LogP contribution in [0.25, 0.3) is 10.8 Å². The third-order valence-electron chi connectivity index (χ3n) is 9.14. The molecular formula is C33H38N2O4. The minimum Gasteiger partial charge on any atom is -0.497 e. The summed E-state index contributed by atoms with van der Waals surface area (Å²) in [6.07, 6.45) is 4.74. The van der Waals surface area contributed by atoms with Gasteiger partial charge in [-0.3, -0.25) is 9.59 Å². The van der Waals surface area contributed by atoms with Gasteiger partial charge in [-0.1, -0.05) is 42.5 Å². The van der Waals surface area contributed by atoms with Crippen molar-refractivity contribution in [1.82, 2.24) is 10.2 Å². The Bertz CT molecular complexity index is 1370. The summed E-state index contributed by atoms with van der Waals surface area (Å²) in [7, 11) is 1.70. The number of piperidine rings is 1. The molecule has 1 amide bonds. The number of amides is 1. The number of nitrogens with zero attached hydrogens (tertiary/aromatic N) is 1. The number of esters is 1. The Hall–Kier alpha value is -3.38. The van der Waals surface area contributed by atoms with E-state index in [1.165, 1.54) is 25.3 Å². The summed E-state index contributed by atoms with van der Waals surface area (Å²) in [6, 6.07) is 22.1. The van der Waals surface area contributed by atoms with Gasteiger partial charge >= 0.3 is 5.97 Å². The molecule has 0 aromatic heterocycles. The zero-order valence-corrected chi connectivity index (χ0v) is 22.9. The zero-order chi connectivity index (χ0) is 27.0. The van der Waals surface area contributed by atoms with Gasteiger partial charge in [0.2, 0.25) is 0 Å². The van der Waals surface area contributed by atoms with Crippen LogP contribution >= 0.6 is 0 Å². The van der Waals surface area contributed by atoms with Gasteiger partial charge in [0.1, 0.15) is 11.9 Å². The monoisotopic (exact) mass is 526 g/mol. The van der Waals surface area contributed by atoms with Gasteiger partial charge in [-0.25, -0.2) is 0 Å². The van der Waals surface area contributed by atoms with Crippen LogP contribution in [0.2, 0.25) is 0 Å². The maximum absolute atomic E-state index is 13.5. The Kier molecular flexibility index (Phi) is 7.06. The van der Waals surface area contributed by atoms with Gasteiger partial charge in [0.05, 0.1) is 7.11 Å². The fourth-order valence-corrected chi connectivity index (χ4v) is 7.07. The maximum Gasteiger partial charge on any atom is 0.302 e. The van der Waals surface area contributed by atoms with Crippen molar-refractivity contribution in [2.45, 2.75) is 56.6 Å². The van der Waals surface area contributed by atoms with Gasteiger partial charge in [0.15, 0.2) is 0 Å². The van der Waals surface area contributed by atoms with Crippen LogP contribution in [0, 0.1) is 11.8 Å². The molecule has 0 bridgehead atoms. The smallest absolute Gasteiger partial charge is 0.302 e. The summed E-state index contributed by atoms with van der Waals surface area (Å²) in [5.41, 5.74) is 1.63. The number of benzene rings is 3. The first-order valence-electron chi connectivity index (χ1n) is 14.3. The number of methoxy groups -OCH3 is 1. The molecule has 0 radical (unpaired) electrons. The topological polar surface area (TPSA) is 67.9 Å². The van der Waals surface area contributed by atoms with Gasteiger partial charge in [-0.2, -0.15) is 0 Å². The fourth-order valence-electron chi connectivity index (χ4n) is 7.07. The van der Waals surface area contributed by atoms with Crippen LogP contribution < -0.4 is 10.1 Å². The van der Waals surface area contributed by atoms with E-state index in [-0.39, 0.29) is 35.4 Å². The summed E-state index contributed by atoms with van der Waals surface area (Å²) >= 11 is 0. The van der Waals surface area contributed by atoms with Crippen LogP contribution in [0.5, 0.6) is 5.75 Å². The Labute approximate surface area is 230 Å². The summed E-state index contributed by atoms with van der Waals surface area (Å²) < 4.78 is 11.7. The molecule has 1 unspecified atom stereocenters. The van der Waals surface area contributed by atoms with E-state index >= 15 is 0 Å². The second-order valence-electron chi connectivity index (χ2n) is 11.8. The largest absolute Gasteiger partial charge is 0.497 e. The van der Waals surface area contributed by atoms with Gasteiger partial charge in [-0.15, -0.1) is 0 Å². The highest BCUT2D eigenvalue weighted by molar-refractivity contribution is 5.98. The number of hydrogen-bond donors (Lipinski definition) is 1. The van der Waals surface area contributed by atoms with E-state index in [9.17, 15) is 9.59 Å². The number of hydrogen-bond acceptors (Lipinski definition) is 5. The second-order valence-corrected chi connectivity index (χ2v) is 11.8. The first kappa shape index (κ1) is 25.9. The number of nitrogens with one attached hydrogen (secondary N) is 1. The fraction of sp³-hybridized carbons (Fsp3) is 0.455. The maximum atomic E-state index is 13.5. The van der Waals surface area contributed by atoms with Crippen LogP contribution in [0.3, 0.4) is 0 Å². The van der Waals surface area contributed by atoms with E-state index in [1.807, 2.05) is 42.5 Å². The highest BCUT2D eigenvalue weighted by atomic mass is 16.5. The number of carbonyl (C=O) groups is 2. The predicted molar refractivity (Wildman–Crippen MR) is 152 cm³/mol. The molecule has 1 heterocycles. The van der Waals surface area contributed by atoms with Gasteiger partial charge in [-0.05, 0) is 78.7 Å². The van der Waals surface area contributed by atoms with Crippen molar-refractivity contribution in [2.75, 3.05) is 26.7 Å². The summed E-state index contributed by atoms with van der Waals surface area (Å²) in [6.45, 7) is 4.52. The van der Waals surface area contributed by atoms with E-state index in [1.54, 1.807) is 7.11 Å². The molecule has 3 aromatic rings. The molecule has 1 saturated heterocycles. The lowest BCUT2D eigenvalue weighted by atomic mass is 9.56. The lowest BCUT2D eigenvalue weighted by Crippen LogP contribution is -2.61. The first-order chi connectivity index (χ1) is 18.9. The normalized spacial score (nSPS) is 27.0. The summed E-state index contributed by atoms with van der Waals surface area (Å²) in [4.78, 5) is 28.4. The Morgan fingerprint density at radius 2 is 1.85 bits per heavy atom. The highest BCUT2D eigenvalue weighted by Gasteiger charge is 2.54. The van der Waals surface area contributed by atoms with Crippen molar-refractivity contribution in [2.24, 2.45) is 11.8 Å². The van der Waals surface area contributed by atoms with Crippen LogP contribution in [-0.2, 0) is 14.9 Å². The number of likely N-dealkylation sites (tertiary alicyclic amines) is 1. The molecule has 39 heavy (non-hydrogen) atoms. The second kappa shape index (κ2) is 10.6. The van der Waals surface area contributed by atoms with Gasteiger partial charge in [0, 0.05) is 49.4 Å². The minimum absolute atomic E-state index is 0.0854. The molecule has 3 fully saturated rings. The summed E-state index contributed by atoms with van der Waals surface area (Å²) in [5, 5.41) is 5.49. The predicted octanol–water partition coefficient (Wildman–Crippen LogP) is 5.34. The van der Waals surface area contributed by atoms with Crippen molar-refractivity contribution in [3.63, 3.8) is 0 Å². The van der Waals surface area contributed by atoms with E-state index < -0.39 is 0 Å². The Balaban J connectivity index is 1.32. The molecule has 0 spiro atoms. The molecule has 3 aliphatic rings. The molecule has 4 atom stereocenters. The molecule has 2 saturated carbocycles. The molecule has 6 nitrogen and oxygen atoms in total. The van der Waals surface area contributed by atoms with Crippen molar-refractivity contribution >= 4 is 22.6 Å². The molecular weight excluding hydrogens is 488 g/mol. The van der Waals surface area contributed by atoms with Crippen molar-refractivity contribution in [3.8, 4) is 5.75 Å². The molecule has 204 valence electrons. The summed E-state index contributed by atoms with van der Waals surface area (Å²) in [5.74, 6) is 1.43. The van der Waals surface area contributed by atoms with Crippen LogP contribution in [0.4, 0.5) is 0 Å². The van der Waals surface area contributed by atoms with Crippen molar-refractivity contribution < 1.29 is 19.1 Å². The lowest BCUT2D eigenvalue weighted by molar-refractivity contribution is -0.157. The van der Waals surface area contributed by atoms with E-state index in [0.29, 0.717) is 12.0 Å². The zero-order valence-electron chi connectivity index (χ0n) is 22.9. The van der Waals surface area contributed by atoms with E-state index in [0.717, 1.165) is 54.9 Å². The van der Waals surface area contributed by atoms with Crippen molar-refractivity contribution in [1.29, 1.82) is 0 Å². The van der Waals surface area contributed by atoms with E-state index in [4.69, 9.17) is 9.47 Å². The Morgan fingerprint density at radius 3 is 2.62 bits per heavy atom.